The summed E-state index contributed by atoms with van der Waals surface area (Å²) in [4.78, 5) is 10.4. The van der Waals surface area contributed by atoms with Gasteiger partial charge in [-0.3, -0.25) is 0 Å². The zero-order valence-corrected chi connectivity index (χ0v) is 15.0. The molecule has 0 saturated carbocycles. The highest BCUT2D eigenvalue weighted by Gasteiger charge is 2.30. The highest BCUT2D eigenvalue weighted by atomic mass is 32.1. The average molecular weight is 334 g/mol. The number of hydrogen-bond acceptors (Lipinski definition) is 5. The van der Waals surface area contributed by atoms with E-state index in [1.54, 1.807) is 11.3 Å². The minimum absolute atomic E-state index is 0.0308. The molecule has 126 valence electrons. The molecule has 1 aliphatic rings. The first-order valence-electron chi connectivity index (χ1n) is 8.49. The van der Waals surface area contributed by atoms with Crippen molar-refractivity contribution in [3.63, 3.8) is 0 Å². The first-order chi connectivity index (χ1) is 11.2. The maximum absolute atomic E-state index is 6.05. The van der Waals surface area contributed by atoms with Gasteiger partial charge in [-0.15, -0.1) is 11.3 Å². The number of hydrogen-bond donors (Lipinski definition) is 1. The predicted octanol–water partition coefficient (Wildman–Crippen LogP) is 3.49. The molecule has 2 aromatic rings. The Morgan fingerprint density at radius 1 is 1.43 bits per heavy atom. The number of aromatic nitrogens is 3. The third-order valence-corrected chi connectivity index (χ3v) is 5.62. The van der Waals surface area contributed by atoms with Gasteiger partial charge in [0.2, 0.25) is 0 Å². The second-order valence-corrected chi connectivity index (χ2v) is 7.45. The lowest BCUT2D eigenvalue weighted by Gasteiger charge is -2.32. The van der Waals surface area contributed by atoms with Crippen molar-refractivity contribution in [2.24, 2.45) is 0 Å². The van der Waals surface area contributed by atoms with Crippen molar-refractivity contribution in [1.82, 2.24) is 19.9 Å². The molecular weight excluding hydrogens is 308 g/mol. The number of ether oxygens (including phenoxy) is 1. The average Bonchev–Trinajstić information content (AvgIpc) is 3.22. The summed E-state index contributed by atoms with van der Waals surface area (Å²) >= 11 is 1.80. The molecule has 0 bridgehead atoms. The summed E-state index contributed by atoms with van der Waals surface area (Å²) in [6, 6.07) is 0.294. The molecule has 3 rings (SSSR count). The minimum Gasteiger partial charge on any atom is -0.369 e. The second-order valence-electron chi connectivity index (χ2n) is 6.30. The largest absolute Gasteiger partial charge is 0.369 e. The van der Waals surface area contributed by atoms with Gasteiger partial charge in [-0.25, -0.2) is 9.97 Å². The Morgan fingerprint density at radius 3 is 3.04 bits per heavy atom. The van der Waals surface area contributed by atoms with Gasteiger partial charge in [0, 0.05) is 49.2 Å². The van der Waals surface area contributed by atoms with E-state index in [9.17, 15) is 0 Å². The fourth-order valence-corrected chi connectivity index (χ4v) is 3.86. The Bertz CT molecular complexity index is 622. The van der Waals surface area contributed by atoms with Crippen LogP contribution < -0.4 is 5.32 Å². The molecule has 0 amide bonds. The molecule has 23 heavy (non-hydrogen) atoms. The molecule has 0 unspecified atom stereocenters. The zero-order chi connectivity index (χ0) is 16.2. The van der Waals surface area contributed by atoms with E-state index in [1.165, 1.54) is 4.88 Å². The third-order valence-electron chi connectivity index (χ3n) is 4.32. The molecule has 1 N–H and O–H groups in total. The van der Waals surface area contributed by atoms with Gasteiger partial charge < -0.3 is 14.6 Å². The van der Waals surface area contributed by atoms with E-state index in [-0.39, 0.29) is 6.10 Å². The Balaban J connectivity index is 1.67. The molecule has 0 aromatic carbocycles. The number of imidazole rings is 1. The predicted molar refractivity (Wildman–Crippen MR) is 92.7 cm³/mol. The topological polar surface area (TPSA) is 52.0 Å². The highest BCUT2D eigenvalue weighted by Crippen LogP contribution is 2.28. The lowest BCUT2D eigenvalue weighted by atomic mass is 10.0. The molecule has 2 atom stereocenters. The van der Waals surface area contributed by atoms with E-state index in [2.05, 4.69) is 40.6 Å². The maximum Gasteiger partial charge on any atom is 0.139 e. The van der Waals surface area contributed by atoms with Crippen molar-refractivity contribution in [3.8, 4) is 0 Å². The van der Waals surface area contributed by atoms with Crippen molar-refractivity contribution >= 4 is 11.3 Å². The van der Waals surface area contributed by atoms with Gasteiger partial charge >= 0.3 is 0 Å². The van der Waals surface area contributed by atoms with Gasteiger partial charge in [-0.05, 0) is 25.7 Å². The van der Waals surface area contributed by atoms with E-state index < -0.39 is 0 Å². The normalized spacial score (nSPS) is 21.9. The highest BCUT2D eigenvalue weighted by molar-refractivity contribution is 7.11. The van der Waals surface area contributed by atoms with Crippen LogP contribution in [0.15, 0.2) is 18.6 Å². The SMILES string of the molecule is CCn1ccnc1[C@H]1OCCC[C@@H]1NCc1ncc(C(C)C)s1. The molecule has 3 heterocycles. The monoisotopic (exact) mass is 334 g/mol. The molecule has 1 fully saturated rings. The van der Waals surface area contributed by atoms with E-state index in [0.29, 0.717) is 12.0 Å². The molecular formula is C17H26N4OS. The lowest BCUT2D eigenvalue weighted by molar-refractivity contribution is -0.0182. The zero-order valence-electron chi connectivity index (χ0n) is 14.2. The van der Waals surface area contributed by atoms with Crippen LogP contribution in [0, 0.1) is 0 Å². The molecule has 0 spiro atoms. The van der Waals surface area contributed by atoms with Gasteiger partial charge in [0.15, 0.2) is 0 Å². The lowest BCUT2D eigenvalue weighted by Crippen LogP contribution is -2.40. The van der Waals surface area contributed by atoms with Crippen molar-refractivity contribution in [1.29, 1.82) is 0 Å². The van der Waals surface area contributed by atoms with Crippen LogP contribution in [0.25, 0.3) is 0 Å². The second kappa shape index (κ2) is 7.55. The van der Waals surface area contributed by atoms with Crippen LogP contribution in [0.4, 0.5) is 0 Å². The third kappa shape index (κ3) is 3.82. The molecule has 5 nitrogen and oxygen atoms in total. The number of nitrogens with one attached hydrogen (secondary N) is 1. The Kier molecular flexibility index (Phi) is 5.46. The Morgan fingerprint density at radius 2 is 2.30 bits per heavy atom. The molecule has 1 aliphatic heterocycles. The van der Waals surface area contributed by atoms with Crippen LogP contribution in [0.2, 0.25) is 0 Å². The van der Waals surface area contributed by atoms with E-state index in [0.717, 1.165) is 43.4 Å². The number of rotatable bonds is 6. The molecule has 6 heteroatoms. The van der Waals surface area contributed by atoms with Crippen LogP contribution in [0.3, 0.4) is 0 Å². The van der Waals surface area contributed by atoms with Crippen molar-refractivity contribution in [2.75, 3.05) is 6.61 Å². The first kappa shape index (κ1) is 16.6. The fourth-order valence-electron chi connectivity index (χ4n) is 2.98. The smallest absolute Gasteiger partial charge is 0.139 e. The fraction of sp³-hybridized carbons (Fsp3) is 0.647. The molecule has 2 aromatic heterocycles. The summed E-state index contributed by atoms with van der Waals surface area (Å²) in [6.07, 6.45) is 8.14. The summed E-state index contributed by atoms with van der Waals surface area (Å²) in [6.45, 7) is 9.09. The van der Waals surface area contributed by atoms with E-state index in [1.807, 2.05) is 18.6 Å². The maximum atomic E-state index is 6.05. The molecule has 0 aliphatic carbocycles. The van der Waals surface area contributed by atoms with Crippen LogP contribution in [-0.4, -0.2) is 27.2 Å². The van der Waals surface area contributed by atoms with Gasteiger partial charge in [0.25, 0.3) is 0 Å². The minimum atomic E-state index is 0.0308. The van der Waals surface area contributed by atoms with Gasteiger partial charge in [0.05, 0.1) is 0 Å². The quantitative estimate of drug-likeness (QED) is 0.878. The summed E-state index contributed by atoms with van der Waals surface area (Å²) in [5.41, 5.74) is 0. The van der Waals surface area contributed by atoms with Crippen molar-refractivity contribution in [2.45, 2.75) is 64.8 Å². The number of aryl methyl sites for hydroxylation is 1. The van der Waals surface area contributed by atoms with Crippen molar-refractivity contribution in [3.05, 3.63) is 34.3 Å². The van der Waals surface area contributed by atoms with Gasteiger partial charge in [0.1, 0.15) is 16.9 Å². The van der Waals surface area contributed by atoms with Gasteiger partial charge in [-0.1, -0.05) is 13.8 Å². The Labute approximate surface area is 142 Å². The summed E-state index contributed by atoms with van der Waals surface area (Å²) in [5, 5.41) is 4.80. The van der Waals surface area contributed by atoms with Crippen LogP contribution in [0.1, 0.15) is 61.3 Å². The first-order valence-corrected chi connectivity index (χ1v) is 9.31. The van der Waals surface area contributed by atoms with Crippen LogP contribution in [-0.2, 0) is 17.8 Å². The van der Waals surface area contributed by atoms with Crippen LogP contribution in [0.5, 0.6) is 0 Å². The number of thiazole rings is 1. The summed E-state index contributed by atoms with van der Waals surface area (Å²) in [5.74, 6) is 1.58. The van der Waals surface area contributed by atoms with Crippen molar-refractivity contribution < 1.29 is 4.74 Å². The molecule has 0 radical (unpaired) electrons. The van der Waals surface area contributed by atoms with Gasteiger partial charge in [-0.2, -0.15) is 0 Å². The summed E-state index contributed by atoms with van der Waals surface area (Å²) < 4.78 is 8.22. The standard InChI is InChI=1S/C17H26N4OS/c1-4-21-8-7-18-17(21)16-13(6-5-9-22-16)19-11-15-20-10-14(23-15)12(2)3/h7-8,10,12-13,16,19H,4-6,9,11H2,1-3H3/t13-,16-/m0/s1. The van der Waals surface area contributed by atoms with E-state index in [4.69, 9.17) is 4.74 Å². The van der Waals surface area contributed by atoms with E-state index >= 15 is 0 Å². The van der Waals surface area contributed by atoms with Crippen LogP contribution >= 0.6 is 11.3 Å². The molecule has 1 saturated heterocycles. The summed E-state index contributed by atoms with van der Waals surface area (Å²) in [7, 11) is 0. The number of nitrogens with zero attached hydrogens (tertiary/aromatic N) is 3. The Hall–Kier alpha value is -1.24.